The van der Waals surface area contributed by atoms with Gasteiger partial charge in [-0.25, -0.2) is 9.78 Å². The molecule has 0 bridgehead atoms. The van der Waals surface area contributed by atoms with Crippen molar-refractivity contribution < 1.29 is 9.90 Å². The van der Waals surface area contributed by atoms with Crippen molar-refractivity contribution in [3.05, 3.63) is 69.1 Å². The zero-order valence-electron chi connectivity index (χ0n) is 17.6. The third-order valence-corrected chi connectivity index (χ3v) is 5.88. The first-order chi connectivity index (χ1) is 14.3. The molecule has 1 aliphatic heterocycles. The Balaban J connectivity index is 1.84. The summed E-state index contributed by atoms with van der Waals surface area (Å²) in [7, 11) is 0. The summed E-state index contributed by atoms with van der Waals surface area (Å²) in [5, 5.41) is 12.8. The average molecular weight is 406 g/mol. The predicted octanol–water partition coefficient (Wildman–Crippen LogP) is 3.78. The molecule has 4 rings (SSSR count). The van der Waals surface area contributed by atoms with Gasteiger partial charge in [-0.3, -0.25) is 9.20 Å². The average Bonchev–Trinajstić information content (AvgIpc) is 2.70. The molecule has 1 aromatic carbocycles. The number of carbonyl (C=O) groups is 1. The van der Waals surface area contributed by atoms with Gasteiger partial charge < -0.3 is 15.3 Å². The van der Waals surface area contributed by atoms with Crippen LogP contribution in [-0.4, -0.2) is 33.0 Å². The molecule has 7 heteroatoms. The van der Waals surface area contributed by atoms with Gasteiger partial charge >= 0.3 is 5.97 Å². The Labute approximate surface area is 175 Å². The number of aryl methyl sites for hydroxylation is 1. The number of pyridine rings is 1. The summed E-state index contributed by atoms with van der Waals surface area (Å²) in [6.45, 7) is 8.75. The quantitative estimate of drug-likeness (QED) is 0.671. The Hall–Kier alpha value is -3.35. The van der Waals surface area contributed by atoms with Crippen molar-refractivity contribution in [3.8, 4) is 0 Å². The van der Waals surface area contributed by atoms with E-state index in [-0.39, 0.29) is 17.2 Å². The number of benzene rings is 1. The second kappa shape index (κ2) is 7.48. The van der Waals surface area contributed by atoms with E-state index < -0.39 is 5.97 Å². The van der Waals surface area contributed by atoms with E-state index in [1.54, 1.807) is 28.7 Å². The monoisotopic (exact) mass is 406 g/mol. The maximum absolute atomic E-state index is 13.1. The largest absolute Gasteiger partial charge is 0.478 e. The van der Waals surface area contributed by atoms with Gasteiger partial charge in [-0.05, 0) is 57.9 Å². The number of anilines is 2. The van der Waals surface area contributed by atoms with Gasteiger partial charge in [0.2, 0.25) is 0 Å². The number of hydrogen-bond acceptors (Lipinski definition) is 5. The molecule has 1 fully saturated rings. The Morgan fingerprint density at radius 3 is 2.67 bits per heavy atom. The van der Waals surface area contributed by atoms with Gasteiger partial charge in [-0.2, -0.15) is 0 Å². The molecule has 0 saturated carbocycles. The number of carboxylic acid groups (broad SMARTS) is 1. The minimum Gasteiger partial charge on any atom is -0.478 e. The lowest BCUT2D eigenvalue weighted by atomic mass is 10.0. The van der Waals surface area contributed by atoms with Gasteiger partial charge in [0, 0.05) is 30.0 Å². The lowest BCUT2D eigenvalue weighted by molar-refractivity contribution is 0.0698. The highest BCUT2D eigenvalue weighted by Crippen LogP contribution is 2.29. The third kappa shape index (κ3) is 3.30. The molecule has 1 aliphatic rings. The zero-order chi connectivity index (χ0) is 21.6. The number of nitrogens with zero attached hydrogens (tertiary/aromatic N) is 3. The number of hydrogen-bond donors (Lipinski definition) is 2. The fraction of sp³-hybridized carbons (Fsp3) is 0.348. The van der Waals surface area contributed by atoms with Crippen LogP contribution in [0, 0.1) is 13.8 Å². The zero-order valence-corrected chi connectivity index (χ0v) is 17.6. The SMILES string of the molecule is Cc1cc([C@@H](C)Nc2ccccc2C(=O)O)c2nc(N3CC[C@@H]3C)c(C)c(=O)n2c1. The molecule has 0 aliphatic carbocycles. The standard InChI is InChI=1S/C23H26N4O3/c1-13-11-18(16(4)24-19-8-6-5-7-17(19)23(29)30)21-25-20(26-10-9-14(26)2)15(3)22(28)27(21)12-13/h5-8,11-12,14,16,24H,9-10H2,1-4H3,(H,29,30)/t14-,16+/m0/s1. The summed E-state index contributed by atoms with van der Waals surface area (Å²) in [4.78, 5) is 31.8. The smallest absolute Gasteiger partial charge is 0.337 e. The van der Waals surface area contributed by atoms with Crippen LogP contribution < -0.4 is 15.8 Å². The Bertz CT molecular complexity index is 1200. The first-order valence-electron chi connectivity index (χ1n) is 10.2. The number of fused-ring (bicyclic) bond motifs is 1. The van der Waals surface area contributed by atoms with Crippen LogP contribution in [-0.2, 0) is 0 Å². The predicted molar refractivity (Wildman–Crippen MR) is 118 cm³/mol. The molecular weight excluding hydrogens is 380 g/mol. The van der Waals surface area contributed by atoms with Gasteiger partial charge in [0.25, 0.3) is 5.56 Å². The van der Waals surface area contributed by atoms with E-state index in [4.69, 9.17) is 4.98 Å². The maximum Gasteiger partial charge on any atom is 0.337 e. The molecule has 30 heavy (non-hydrogen) atoms. The highest BCUT2D eigenvalue weighted by Gasteiger charge is 2.28. The van der Waals surface area contributed by atoms with Crippen LogP contribution in [0.15, 0.2) is 41.3 Å². The molecule has 7 nitrogen and oxygen atoms in total. The van der Waals surface area contributed by atoms with Gasteiger partial charge in [-0.15, -0.1) is 0 Å². The van der Waals surface area contributed by atoms with Crippen molar-refractivity contribution in [1.82, 2.24) is 9.38 Å². The van der Waals surface area contributed by atoms with Crippen LogP contribution in [0.1, 0.15) is 53.4 Å². The minimum atomic E-state index is -0.988. The summed E-state index contributed by atoms with van der Waals surface area (Å²) < 4.78 is 1.61. The van der Waals surface area contributed by atoms with Crippen LogP contribution in [0.5, 0.6) is 0 Å². The van der Waals surface area contributed by atoms with Crippen LogP contribution in [0.25, 0.3) is 5.65 Å². The van der Waals surface area contributed by atoms with Gasteiger partial charge in [0.15, 0.2) is 0 Å². The normalized spacial score (nSPS) is 16.9. The fourth-order valence-corrected chi connectivity index (χ4v) is 4.02. The molecule has 1 saturated heterocycles. The molecule has 2 N–H and O–H groups in total. The Morgan fingerprint density at radius 1 is 1.30 bits per heavy atom. The van der Waals surface area contributed by atoms with Crippen molar-refractivity contribution in [1.29, 1.82) is 0 Å². The first-order valence-corrected chi connectivity index (χ1v) is 10.2. The maximum atomic E-state index is 13.1. The minimum absolute atomic E-state index is 0.0720. The Kier molecular flexibility index (Phi) is 4.97. The number of para-hydroxylation sites is 1. The third-order valence-electron chi connectivity index (χ3n) is 5.88. The van der Waals surface area contributed by atoms with E-state index in [2.05, 4.69) is 17.1 Å². The summed E-state index contributed by atoms with van der Waals surface area (Å²) in [6, 6.07) is 8.93. The molecule has 0 spiro atoms. The van der Waals surface area contributed by atoms with E-state index in [0.29, 0.717) is 22.9 Å². The van der Waals surface area contributed by atoms with Crippen molar-refractivity contribution >= 4 is 23.1 Å². The lowest BCUT2D eigenvalue weighted by Gasteiger charge is -2.40. The summed E-state index contributed by atoms with van der Waals surface area (Å²) in [5.74, 6) is -0.250. The molecule has 156 valence electrons. The first kappa shape index (κ1) is 19.9. The molecule has 0 radical (unpaired) electrons. The number of rotatable bonds is 5. The molecule has 3 aromatic rings. The summed E-state index contributed by atoms with van der Waals surface area (Å²) >= 11 is 0. The van der Waals surface area contributed by atoms with Gasteiger partial charge in [-0.1, -0.05) is 12.1 Å². The molecule has 0 unspecified atom stereocenters. The van der Waals surface area contributed by atoms with Crippen molar-refractivity contribution in [2.24, 2.45) is 0 Å². The fourth-order valence-electron chi connectivity index (χ4n) is 4.02. The van der Waals surface area contributed by atoms with Crippen molar-refractivity contribution in [3.63, 3.8) is 0 Å². The lowest BCUT2D eigenvalue weighted by Crippen LogP contribution is -2.47. The highest BCUT2D eigenvalue weighted by molar-refractivity contribution is 5.94. The van der Waals surface area contributed by atoms with E-state index in [0.717, 1.165) is 29.9 Å². The van der Waals surface area contributed by atoms with E-state index >= 15 is 0 Å². The number of aromatic carboxylic acids is 1. The summed E-state index contributed by atoms with van der Waals surface area (Å²) in [5.41, 5.74) is 3.69. The van der Waals surface area contributed by atoms with E-state index in [1.165, 1.54) is 0 Å². The second-order valence-corrected chi connectivity index (χ2v) is 8.08. The van der Waals surface area contributed by atoms with Crippen LogP contribution in [0.4, 0.5) is 11.5 Å². The van der Waals surface area contributed by atoms with Crippen molar-refractivity contribution in [2.45, 2.75) is 46.2 Å². The van der Waals surface area contributed by atoms with Crippen LogP contribution >= 0.6 is 0 Å². The van der Waals surface area contributed by atoms with Gasteiger partial charge in [0.05, 0.1) is 17.2 Å². The highest BCUT2D eigenvalue weighted by atomic mass is 16.4. The number of aromatic nitrogens is 2. The van der Waals surface area contributed by atoms with Crippen molar-refractivity contribution in [2.75, 3.05) is 16.8 Å². The number of nitrogens with one attached hydrogen (secondary N) is 1. The molecule has 3 heterocycles. The summed E-state index contributed by atoms with van der Waals surface area (Å²) in [6.07, 6.45) is 2.90. The van der Waals surface area contributed by atoms with E-state index in [1.807, 2.05) is 33.0 Å². The molecular formula is C23H26N4O3. The second-order valence-electron chi connectivity index (χ2n) is 8.08. The van der Waals surface area contributed by atoms with E-state index in [9.17, 15) is 14.7 Å². The van der Waals surface area contributed by atoms with Crippen LogP contribution in [0.3, 0.4) is 0 Å². The Morgan fingerprint density at radius 2 is 2.03 bits per heavy atom. The molecule has 2 aromatic heterocycles. The molecule has 0 amide bonds. The molecule has 2 atom stereocenters. The van der Waals surface area contributed by atoms with Gasteiger partial charge in [0.1, 0.15) is 11.5 Å². The van der Waals surface area contributed by atoms with Crippen LogP contribution in [0.2, 0.25) is 0 Å². The number of carboxylic acids is 1. The topological polar surface area (TPSA) is 86.9 Å².